The lowest BCUT2D eigenvalue weighted by atomic mass is 10.1. The van der Waals surface area contributed by atoms with Gasteiger partial charge >= 0.3 is 5.97 Å². The predicted octanol–water partition coefficient (Wildman–Crippen LogP) is 1.67. The first-order chi connectivity index (χ1) is 5.58. The van der Waals surface area contributed by atoms with Gasteiger partial charge < -0.3 is 10.2 Å². The van der Waals surface area contributed by atoms with Crippen molar-refractivity contribution in [2.45, 2.75) is 6.42 Å². The van der Waals surface area contributed by atoms with Crippen LogP contribution in [0, 0.1) is 0 Å². The quantitative estimate of drug-likeness (QED) is 0.739. The molecule has 0 aliphatic rings. The summed E-state index contributed by atoms with van der Waals surface area (Å²) >= 11 is 5.58. The maximum absolute atomic E-state index is 10.3. The molecular weight excluding hydrogens is 180 g/mol. The van der Waals surface area contributed by atoms with Crippen molar-refractivity contribution in [2.24, 2.45) is 0 Å². The number of rotatable bonds is 2. The maximum atomic E-state index is 10.3. The number of phenolic OH excluding ortho intramolecular Hbond substituents is 1. The number of hydrogen-bond acceptors (Lipinski definition) is 2. The average molecular weight is 187 g/mol. The number of carboxylic acid groups (broad SMARTS) is 1. The number of aliphatic carboxylic acids is 1. The summed E-state index contributed by atoms with van der Waals surface area (Å²) in [5.41, 5.74) is 0.493. The van der Waals surface area contributed by atoms with Crippen molar-refractivity contribution in [3.05, 3.63) is 28.8 Å². The summed E-state index contributed by atoms with van der Waals surface area (Å²) in [7, 11) is 0. The van der Waals surface area contributed by atoms with Crippen molar-refractivity contribution >= 4 is 17.6 Å². The van der Waals surface area contributed by atoms with Gasteiger partial charge in [0.2, 0.25) is 0 Å². The fourth-order valence-electron chi connectivity index (χ4n) is 0.910. The van der Waals surface area contributed by atoms with Crippen LogP contribution in [0.2, 0.25) is 5.02 Å². The Bertz CT molecular complexity index is 289. The molecule has 12 heavy (non-hydrogen) atoms. The molecule has 0 saturated heterocycles. The summed E-state index contributed by atoms with van der Waals surface area (Å²) in [4.78, 5) is 10.3. The van der Waals surface area contributed by atoms with Gasteiger partial charge in [-0.3, -0.25) is 4.79 Å². The fourth-order valence-corrected chi connectivity index (χ4v) is 1.16. The van der Waals surface area contributed by atoms with Gasteiger partial charge in [0.1, 0.15) is 5.75 Å². The molecule has 0 aliphatic carbocycles. The highest BCUT2D eigenvalue weighted by atomic mass is 35.5. The van der Waals surface area contributed by atoms with E-state index in [1.807, 2.05) is 0 Å². The normalized spacial score (nSPS) is 9.75. The number of aromatic hydroxyl groups is 1. The number of halogens is 1. The molecule has 0 unspecified atom stereocenters. The molecule has 4 heteroatoms. The standard InChI is InChI=1S/C8H7ClO3/c9-6-1-5(3-8(11)12)2-7(10)4-6/h1-2,4,10H,3H2,(H,11,12). The molecule has 0 aliphatic heterocycles. The fraction of sp³-hybridized carbons (Fsp3) is 0.125. The van der Waals surface area contributed by atoms with Crippen LogP contribution in [0.1, 0.15) is 5.56 Å². The first-order valence-electron chi connectivity index (χ1n) is 3.28. The minimum atomic E-state index is -0.948. The van der Waals surface area contributed by atoms with E-state index in [-0.39, 0.29) is 12.2 Å². The highest BCUT2D eigenvalue weighted by molar-refractivity contribution is 6.30. The monoisotopic (exact) mass is 186 g/mol. The molecule has 1 rings (SSSR count). The second kappa shape index (κ2) is 3.45. The number of carbonyl (C=O) groups is 1. The molecule has 0 amide bonds. The van der Waals surface area contributed by atoms with E-state index in [0.717, 1.165) is 0 Å². The third kappa shape index (κ3) is 2.43. The van der Waals surface area contributed by atoms with Crippen LogP contribution in [-0.4, -0.2) is 16.2 Å². The SMILES string of the molecule is O=C(O)Cc1cc(O)cc(Cl)c1. The third-order valence-electron chi connectivity index (χ3n) is 1.30. The first kappa shape index (κ1) is 8.87. The van der Waals surface area contributed by atoms with Crippen LogP contribution in [0.3, 0.4) is 0 Å². The number of benzene rings is 1. The summed E-state index contributed by atoms with van der Waals surface area (Å²) in [5.74, 6) is -0.963. The molecule has 3 nitrogen and oxygen atoms in total. The van der Waals surface area contributed by atoms with Gasteiger partial charge in [0.05, 0.1) is 6.42 Å². The lowest BCUT2D eigenvalue weighted by Crippen LogP contribution is -1.99. The van der Waals surface area contributed by atoms with Gasteiger partial charge in [-0.25, -0.2) is 0 Å². The molecule has 0 bridgehead atoms. The van der Waals surface area contributed by atoms with Crippen LogP contribution < -0.4 is 0 Å². The van der Waals surface area contributed by atoms with E-state index in [4.69, 9.17) is 21.8 Å². The van der Waals surface area contributed by atoms with Gasteiger partial charge in [0.15, 0.2) is 0 Å². The minimum absolute atomic E-state index is 0.0150. The molecule has 64 valence electrons. The topological polar surface area (TPSA) is 57.5 Å². The second-order valence-corrected chi connectivity index (χ2v) is 2.82. The summed E-state index contributed by atoms with van der Waals surface area (Å²) in [6.45, 7) is 0. The Morgan fingerprint density at radius 3 is 2.58 bits per heavy atom. The lowest BCUT2D eigenvalue weighted by molar-refractivity contribution is -0.136. The smallest absolute Gasteiger partial charge is 0.307 e. The zero-order valence-electron chi connectivity index (χ0n) is 6.12. The van der Waals surface area contributed by atoms with Gasteiger partial charge in [-0.1, -0.05) is 11.6 Å². The van der Waals surface area contributed by atoms with E-state index in [2.05, 4.69) is 0 Å². The summed E-state index contributed by atoms with van der Waals surface area (Å²) < 4.78 is 0. The number of carboxylic acids is 1. The summed E-state index contributed by atoms with van der Waals surface area (Å²) in [6.07, 6.45) is -0.131. The van der Waals surface area contributed by atoms with Crippen molar-refractivity contribution in [2.75, 3.05) is 0 Å². The van der Waals surface area contributed by atoms with E-state index in [0.29, 0.717) is 10.6 Å². The maximum Gasteiger partial charge on any atom is 0.307 e. The van der Waals surface area contributed by atoms with E-state index in [9.17, 15) is 4.79 Å². The van der Waals surface area contributed by atoms with E-state index in [1.165, 1.54) is 18.2 Å². The van der Waals surface area contributed by atoms with Crippen LogP contribution >= 0.6 is 11.6 Å². The minimum Gasteiger partial charge on any atom is -0.508 e. The largest absolute Gasteiger partial charge is 0.508 e. The third-order valence-corrected chi connectivity index (χ3v) is 1.52. The molecule has 0 atom stereocenters. The number of hydrogen-bond donors (Lipinski definition) is 2. The number of phenols is 1. The Morgan fingerprint density at radius 2 is 2.08 bits per heavy atom. The van der Waals surface area contributed by atoms with Crippen LogP contribution in [-0.2, 0) is 11.2 Å². The molecule has 0 spiro atoms. The van der Waals surface area contributed by atoms with E-state index < -0.39 is 5.97 Å². The van der Waals surface area contributed by atoms with Gasteiger partial charge in [-0.15, -0.1) is 0 Å². The van der Waals surface area contributed by atoms with Crippen LogP contribution in [0.4, 0.5) is 0 Å². The Labute approximate surface area is 74.2 Å². The van der Waals surface area contributed by atoms with E-state index in [1.54, 1.807) is 0 Å². The first-order valence-corrected chi connectivity index (χ1v) is 3.66. The highest BCUT2D eigenvalue weighted by Crippen LogP contribution is 2.19. The van der Waals surface area contributed by atoms with Gasteiger partial charge in [0, 0.05) is 5.02 Å². The van der Waals surface area contributed by atoms with Crippen molar-refractivity contribution < 1.29 is 15.0 Å². The molecule has 1 aromatic rings. The molecule has 0 heterocycles. The zero-order valence-corrected chi connectivity index (χ0v) is 6.88. The van der Waals surface area contributed by atoms with Gasteiger partial charge in [-0.2, -0.15) is 0 Å². The van der Waals surface area contributed by atoms with Crippen LogP contribution in [0.25, 0.3) is 0 Å². The predicted molar refractivity (Wildman–Crippen MR) is 44.5 cm³/mol. The lowest BCUT2D eigenvalue weighted by Gasteiger charge is -1.98. The Balaban J connectivity index is 2.93. The van der Waals surface area contributed by atoms with E-state index >= 15 is 0 Å². The molecule has 0 radical (unpaired) electrons. The summed E-state index contributed by atoms with van der Waals surface area (Å²) in [6, 6.07) is 4.24. The average Bonchev–Trinajstić information content (AvgIpc) is 1.81. The Morgan fingerprint density at radius 1 is 1.42 bits per heavy atom. The highest BCUT2D eigenvalue weighted by Gasteiger charge is 2.02. The molecular formula is C8H7ClO3. The molecule has 0 fully saturated rings. The Kier molecular flexibility index (Phi) is 2.55. The van der Waals surface area contributed by atoms with Crippen molar-refractivity contribution in [1.82, 2.24) is 0 Å². The van der Waals surface area contributed by atoms with Crippen molar-refractivity contribution in [3.8, 4) is 5.75 Å². The zero-order chi connectivity index (χ0) is 9.14. The van der Waals surface area contributed by atoms with Crippen LogP contribution in [0.5, 0.6) is 5.75 Å². The molecule has 0 aromatic heterocycles. The van der Waals surface area contributed by atoms with Crippen molar-refractivity contribution in [3.63, 3.8) is 0 Å². The molecule has 1 aromatic carbocycles. The molecule has 0 saturated carbocycles. The molecule has 2 N–H and O–H groups in total. The van der Waals surface area contributed by atoms with Crippen LogP contribution in [0.15, 0.2) is 18.2 Å². The Hall–Kier alpha value is -1.22. The summed E-state index contributed by atoms with van der Waals surface area (Å²) in [5, 5.41) is 17.8. The van der Waals surface area contributed by atoms with Gasteiger partial charge in [-0.05, 0) is 23.8 Å². The van der Waals surface area contributed by atoms with Crippen molar-refractivity contribution in [1.29, 1.82) is 0 Å². The van der Waals surface area contributed by atoms with Gasteiger partial charge in [0.25, 0.3) is 0 Å². The second-order valence-electron chi connectivity index (χ2n) is 2.39.